The van der Waals surface area contributed by atoms with E-state index < -0.39 is 11.8 Å². The average Bonchev–Trinajstić information content (AvgIpc) is 2.85. The number of carbonyl (C=O) groups is 3. The lowest BCUT2D eigenvalue weighted by Gasteiger charge is -2.10. The van der Waals surface area contributed by atoms with Crippen LogP contribution in [-0.2, 0) is 14.4 Å². The molecule has 3 rings (SSSR count). The number of hydrogen-bond acceptors (Lipinski definition) is 6. The Morgan fingerprint density at radius 1 is 0.912 bits per heavy atom. The molecule has 0 fully saturated rings. The van der Waals surface area contributed by atoms with Crippen LogP contribution in [0.3, 0.4) is 0 Å². The number of ether oxygens (including phenoxy) is 2. The number of para-hydroxylation sites is 2. The highest BCUT2D eigenvalue weighted by Crippen LogP contribution is 2.20. The largest absolute Gasteiger partial charge is 0.497 e. The van der Waals surface area contributed by atoms with Gasteiger partial charge in [0.15, 0.2) is 6.61 Å². The third kappa shape index (κ3) is 7.07. The molecule has 174 valence electrons. The first-order valence-electron chi connectivity index (χ1n) is 10.0. The maximum atomic E-state index is 12.2. The fraction of sp³-hybridized carbons (Fsp3) is 0.0833. The predicted molar refractivity (Wildman–Crippen MR) is 129 cm³/mol. The van der Waals surface area contributed by atoms with Crippen molar-refractivity contribution in [2.45, 2.75) is 0 Å². The molecule has 0 aliphatic heterocycles. The Morgan fingerprint density at radius 2 is 1.62 bits per heavy atom. The van der Waals surface area contributed by atoms with Gasteiger partial charge in [-0.1, -0.05) is 35.9 Å². The summed E-state index contributed by atoms with van der Waals surface area (Å²) in [6.07, 6.45) is 1.30. The van der Waals surface area contributed by atoms with Crippen LogP contribution in [0, 0.1) is 0 Å². The molecule has 0 aromatic heterocycles. The second-order valence-electron chi connectivity index (χ2n) is 6.74. The summed E-state index contributed by atoms with van der Waals surface area (Å²) in [4.78, 5) is 36.2. The van der Waals surface area contributed by atoms with Gasteiger partial charge >= 0.3 is 11.8 Å². The lowest BCUT2D eigenvalue weighted by atomic mass is 10.2. The van der Waals surface area contributed by atoms with E-state index in [0.29, 0.717) is 33.5 Å². The maximum Gasteiger partial charge on any atom is 0.329 e. The molecule has 0 radical (unpaired) electrons. The Balaban J connectivity index is 1.52. The summed E-state index contributed by atoms with van der Waals surface area (Å²) in [6.45, 7) is -0.247. The second kappa shape index (κ2) is 12.0. The van der Waals surface area contributed by atoms with Crippen molar-refractivity contribution in [2.75, 3.05) is 24.4 Å². The van der Waals surface area contributed by atoms with Crippen molar-refractivity contribution in [1.82, 2.24) is 5.43 Å². The molecule has 3 amide bonds. The molecule has 0 heterocycles. The van der Waals surface area contributed by atoms with Gasteiger partial charge < -0.3 is 20.1 Å². The standard InChI is InChI=1S/C24H21ClN4O5/c1-33-18-12-10-17(11-13-18)27-22(30)15-34-21-9-5-2-6-16(21)14-26-29-24(32)23(31)28-20-8-4-3-7-19(20)25/h2-14H,15H2,1H3,(H,27,30)(H,28,31)(H,29,32)/b26-14-. The molecule has 0 saturated heterocycles. The van der Waals surface area contributed by atoms with Crippen LogP contribution in [0.15, 0.2) is 77.9 Å². The number of benzene rings is 3. The summed E-state index contributed by atoms with van der Waals surface area (Å²) in [5.74, 6) is -1.22. The van der Waals surface area contributed by atoms with Gasteiger partial charge in [0.1, 0.15) is 11.5 Å². The Kier molecular flexibility index (Phi) is 8.59. The van der Waals surface area contributed by atoms with Crippen molar-refractivity contribution in [2.24, 2.45) is 5.10 Å². The lowest BCUT2D eigenvalue weighted by Crippen LogP contribution is -2.32. The van der Waals surface area contributed by atoms with E-state index in [1.165, 1.54) is 6.21 Å². The molecule has 10 heteroatoms. The van der Waals surface area contributed by atoms with Gasteiger partial charge in [-0.05, 0) is 48.5 Å². The van der Waals surface area contributed by atoms with Gasteiger partial charge in [0.25, 0.3) is 5.91 Å². The maximum absolute atomic E-state index is 12.2. The van der Waals surface area contributed by atoms with Crippen molar-refractivity contribution in [3.8, 4) is 11.5 Å². The summed E-state index contributed by atoms with van der Waals surface area (Å²) in [5, 5.41) is 9.20. The number of rotatable bonds is 8. The third-order valence-electron chi connectivity index (χ3n) is 4.35. The van der Waals surface area contributed by atoms with E-state index in [0.717, 1.165) is 0 Å². The molecule has 0 atom stereocenters. The molecular weight excluding hydrogens is 460 g/mol. The van der Waals surface area contributed by atoms with Gasteiger partial charge in [0, 0.05) is 11.3 Å². The highest BCUT2D eigenvalue weighted by molar-refractivity contribution is 6.41. The smallest absolute Gasteiger partial charge is 0.329 e. The molecule has 34 heavy (non-hydrogen) atoms. The van der Waals surface area contributed by atoms with E-state index in [-0.39, 0.29) is 12.5 Å². The number of methoxy groups -OCH3 is 1. The fourth-order valence-corrected chi connectivity index (χ4v) is 2.87. The number of hydrogen-bond donors (Lipinski definition) is 3. The zero-order valence-electron chi connectivity index (χ0n) is 18.1. The molecular formula is C24H21ClN4O5. The monoisotopic (exact) mass is 480 g/mol. The van der Waals surface area contributed by atoms with Crippen LogP contribution in [0.5, 0.6) is 11.5 Å². The van der Waals surface area contributed by atoms with Crippen LogP contribution < -0.4 is 25.5 Å². The van der Waals surface area contributed by atoms with E-state index in [1.807, 2.05) is 0 Å². The number of carbonyl (C=O) groups excluding carboxylic acids is 3. The van der Waals surface area contributed by atoms with E-state index in [4.69, 9.17) is 21.1 Å². The number of anilines is 2. The Labute approximate surface area is 200 Å². The number of hydrazone groups is 1. The van der Waals surface area contributed by atoms with Crippen molar-refractivity contribution < 1.29 is 23.9 Å². The minimum absolute atomic E-state index is 0.247. The van der Waals surface area contributed by atoms with Crippen LogP contribution >= 0.6 is 11.6 Å². The van der Waals surface area contributed by atoms with Crippen LogP contribution in [0.1, 0.15) is 5.56 Å². The molecule has 0 saturated carbocycles. The van der Waals surface area contributed by atoms with Crippen LogP contribution in [0.25, 0.3) is 0 Å². The molecule has 3 N–H and O–H groups in total. The molecule has 0 bridgehead atoms. The Bertz CT molecular complexity index is 1200. The zero-order chi connectivity index (χ0) is 24.3. The normalized spacial score (nSPS) is 10.4. The van der Waals surface area contributed by atoms with Crippen molar-refractivity contribution in [3.63, 3.8) is 0 Å². The first-order chi connectivity index (χ1) is 16.5. The van der Waals surface area contributed by atoms with Gasteiger partial charge in [0.2, 0.25) is 0 Å². The minimum atomic E-state index is -0.978. The average molecular weight is 481 g/mol. The lowest BCUT2D eigenvalue weighted by molar-refractivity contribution is -0.136. The first kappa shape index (κ1) is 24.3. The van der Waals surface area contributed by atoms with E-state index in [9.17, 15) is 14.4 Å². The Morgan fingerprint density at radius 3 is 2.35 bits per heavy atom. The predicted octanol–water partition coefficient (Wildman–Crippen LogP) is 3.45. The topological polar surface area (TPSA) is 118 Å². The molecule has 0 spiro atoms. The summed E-state index contributed by atoms with van der Waals surface area (Å²) in [5.41, 5.74) is 3.53. The van der Waals surface area contributed by atoms with E-state index >= 15 is 0 Å². The number of halogens is 1. The molecule has 0 aliphatic rings. The Hall–Kier alpha value is -4.37. The van der Waals surface area contributed by atoms with Crippen molar-refractivity contribution in [1.29, 1.82) is 0 Å². The molecule has 0 aliphatic carbocycles. The third-order valence-corrected chi connectivity index (χ3v) is 4.68. The highest BCUT2D eigenvalue weighted by atomic mass is 35.5. The zero-order valence-corrected chi connectivity index (χ0v) is 18.8. The van der Waals surface area contributed by atoms with Crippen molar-refractivity contribution in [3.05, 3.63) is 83.4 Å². The SMILES string of the molecule is COc1ccc(NC(=O)COc2ccccc2/C=N\NC(=O)C(=O)Nc2ccccc2Cl)cc1. The number of nitrogens with zero attached hydrogens (tertiary/aromatic N) is 1. The fourth-order valence-electron chi connectivity index (χ4n) is 2.69. The molecule has 9 nitrogen and oxygen atoms in total. The van der Waals surface area contributed by atoms with Crippen LogP contribution in [-0.4, -0.2) is 37.7 Å². The van der Waals surface area contributed by atoms with E-state index in [1.54, 1.807) is 79.9 Å². The van der Waals surface area contributed by atoms with Crippen molar-refractivity contribution >= 4 is 46.9 Å². The second-order valence-corrected chi connectivity index (χ2v) is 7.14. The van der Waals surface area contributed by atoms with E-state index in [2.05, 4.69) is 21.2 Å². The van der Waals surface area contributed by atoms with Crippen LogP contribution in [0.4, 0.5) is 11.4 Å². The number of amides is 3. The summed E-state index contributed by atoms with van der Waals surface area (Å²) >= 11 is 5.96. The molecule has 3 aromatic rings. The highest BCUT2D eigenvalue weighted by Gasteiger charge is 2.14. The number of nitrogens with one attached hydrogen (secondary N) is 3. The molecule has 0 unspecified atom stereocenters. The van der Waals surface area contributed by atoms with Gasteiger partial charge in [0.05, 0.1) is 24.0 Å². The molecule has 3 aromatic carbocycles. The first-order valence-corrected chi connectivity index (χ1v) is 10.4. The van der Waals surface area contributed by atoms with Gasteiger partial charge in [-0.25, -0.2) is 5.43 Å². The minimum Gasteiger partial charge on any atom is -0.497 e. The van der Waals surface area contributed by atoms with Gasteiger partial charge in [-0.2, -0.15) is 5.10 Å². The van der Waals surface area contributed by atoms with Crippen LogP contribution in [0.2, 0.25) is 5.02 Å². The van der Waals surface area contributed by atoms with Gasteiger partial charge in [-0.3, -0.25) is 14.4 Å². The van der Waals surface area contributed by atoms with Gasteiger partial charge in [-0.15, -0.1) is 0 Å². The quantitative estimate of drug-likeness (QED) is 0.259. The summed E-state index contributed by atoms with van der Waals surface area (Å²) in [7, 11) is 1.56. The summed E-state index contributed by atoms with van der Waals surface area (Å²) in [6, 6.07) is 20.2. The summed E-state index contributed by atoms with van der Waals surface area (Å²) < 4.78 is 10.7.